The van der Waals surface area contributed by atoms with E-state index in [1.165, 1.54) is 4.90 Å². The molecule has 1 saturated heterocycles. The first-order valence-corrected chi connectivity index (χ1v) is 13.8. The van der Waals surface area contributed by atoms with Crippen molar-refractivity contribution >= 4 is 17.4 Å². The molecule has 1 amide bonds. The topological polar surface area (TPSA) is 93.9 Å². The monoisotopic (exact) mass is 563 g/mol. The lowest BCUT2D eigenvalue weighted by Crippen LogP contribution is -2.31. The molecular weight excluding hydrogens is 530 g/mol. The predicted octanol–water partition coefficient (Wildman–Crippen LogP) is 5.85. The van der Waals surface area contributed by atoms with Crippen molar-refractivity contribution in [3.63, 3.8) is 0 Å². The van der Waals surface area contributed by atoms with Crippen LogP contribution < -0.4 is 9.47 Å². The highest BCUT2D eigenvalue weighted by atomic mass is 16.5. The van der Waals surface area contributed by atoms with Crippen molar-refractivity contribution in [1.29, 1.82) is 0 Å². The van der Waals surface area contributed by atoms with E-state index in [1.807, 2.05) is 48.0 Å². The van der Waals surface area contributed by atoms with E-state index < -0.39 is 17.7 Å². The zero-order valence-corrected chi connectivity index (χ0v) is 23.5. The van der Waals surface area contributed by atoms with Crippen LogP contribution in [0.2, 0.25) is 0 Å². The number of ketones is 1. The molecule has 42 heavy (non-hydrogen) atoms. The van der Waals surface area contributed by atoms with Crippen LogP contribution in [0.4, 0.5) is 0 Å². The Balaban J connectivity index is 1.41. The molecule has 4 aromatic rings. The minimum atomic E-state index is -0.751. The van der Waals surface area contributed by atoms with Crippen molar-refractivity contribution in [3.05, 3.63) is 132 Å². The Hall–Kier alpha value is -5.11. The number of hydrogen-bond acceptors (Lipinski definition) is 6. The number of aliphatic hydroxyl groups excluding tert-OH is 1. The SMILES string of the molecule is C=CCOc1ccc(C2/C(=C(\O)c3ccc(OCc4cccc(C)c4)cc3)C(=O)C(=O)N2CCCn2ccnc2)cc1. The van der Waals surface area contributed by atoms with Crippen LogP contribution in [-0.4, -0.2) is 44.4 Å². The first kappa shape index (κ1) is 28.4. The third-order valence-electron chi connectivity index (χ3n) is 7.09. The van der Waals surface area contributed by atoms with Crippen LogP contribution in [0, 0.1) is 6.92 Å². The molecule has 1 fully saturated rings. The highest BCUT2D eigenvalue weighted by Gasteiger charge is 2.45. The van der Waals surface area contributed by atoms with Crippen molar-refractivity contribution in [2.75, 3.05) is 13.2 Å². The molecule has 0 saturated carbocycles. The highest BCUT2D eigenvalue weighted by molar-refractivity contribution is 6.46. The minimum Gasteiger partial charge on any atom is -0.507 e. The first-order chi connectivity index (χ1) is 20.4. The Kier molecular flexibility index (Phi) is 8.82. The maximum absolute atomic E-state index is 13.4. The van der Waals surface area contributed by atoms with Crippen LogP contribution in [-0.2, 0) is 22.7 Å². The minimum absolute atomic E-state index is 0.0517. The number of ether oxygens (including phenoxy) is 2. The van der Waals surface area contributed by atoms with E-state index in [0.29, 0.717) is 55.4 Å². The molecule has 0 aliphatic carbocycles. The Morgan fingerprint density at radius 2 is 1.74 bits per heavy atom. The summed E-state index contributed by atoms with van der Waals surface area (Å²) >= 11 is 0. The second-order valence-corrected chi connectivity index (χ2v) is 10.1. The van der Waals surface area contributed by atoms with Crippen LogP contribution in [0.15, 0.2) is 110 Å². The van der Waals surface area contributed by atoms with Gasteiger partial charge < -0.3 is 24.0 Å². The molecule has 8 nitrogen and oxygen atoms in total. The number of amides is 1. The lowest BCUT2D eigenvalue weighted by atomic mass is 9.95. The van der Waals surface area contributed by atoms with Crippen molar-refractivity contribution in [3.8, 4) is 11.5 Å². The molecule has 1 atom stereocenters. The fourth-order valence-electron chi connectivity index (χ4n) is 5.03. The molecule has 3 aromatic carbocycles. The number of likely N-dealkylation sites (tertiary alicyclic amines) is 1. The number of benzene rings is 3. The van der Waals surface area contributed by atoms with Crippen molar-refractivity contribution in [2.24, 2.45) is 0 Å². The van der Waals surface area contributed by atoms with Crippen LogP contribution >= 0.6 is 0 Å². The van der Waals surface area contributed by atoms with E-state index >= 15 is 0 Å². The smallest absolute Gasteiger partial charge is 0.295 e. The van der Waals surface area contributed by atoms with E-state index in [-0.39, 0.29) is 11.3 Å². The third kappa shape index (κ3) is 6.44. The number of nitrogens with zero attached hydrogens (tertiary/aromatic N) is 3. The Bertz CT molecular complexity index is 1570. The van der Waals surface area contributed by atoms with Crippen LogP contribution in [0.1, 0.15) is 34.7 Å². The zero-order valence-electron chi connectivity index (χ0n) is 23.5. The van der Waals surface area contributed by atoms with Gasteiger partial charge >= 0.3 is 0 Å². The number of aromatic nitrogens is 2. The predicted molar refractivity (Wildman–Crippen MR) is 160 cm³/mol. The van der Waals surface area contributed by atoms with Gasteiger partial charge in [0.1, 0.15) is 30.5 Å². The molecule has 1 unspecified atom stereocenters. The number of aliphatic hydroxyl groups is 1. The van der Waals surface area contributed by atoms with Crippen LogP contribution in [0.5, 0.6) is 11.5 Å². The quantitative estimate of drug-likeness (QED) is 0.101. The number of carbonyl (C=O) groups excluding carboxylic acids is 2. The number of carbonyl (C=O) groups is 2. The second-order valence-electron chi connectivity index (χ2n) is 10.1. The molecule has 1 N–H and O–H groups in total. The van der Waals surface area contributed by atoms with E-state index in [9.17, 15) is 14.7 Å². The molecule has 5 rings (SSSR count). The van der Waals surface area contributed by atoms with E-state index in [0.717, 1.165) is 11.1 Å². The molecule has 8 heteroatoms. The zero-order chi connectivity index (χ0) is 29.5. The molecule has 0 spiro atoms. The van der Waals surface area contributed by atoms with E-state index in [1.54, 1.807) is 55.0 Å². The Morgan fingerprint density at radius 3 is 2.43 bits per heavy atom. The third-order valence-corrected chi connectivity index (χ3v) is 7.09. The summed E-state index contributed by atoms with van der Waals surface area (Å²) in [4.78, 5) is 32.3. The Morgan fingerprint density at radius 1 is 1.00 bits per heavy atom. The molecule has 1 aliphatic rings. The first-order valence-electron chi connectivity index (χ1n) is 13.8. The van der Waals surface area contributed by atoms with Gasteiger partial charge in [-0.05, 0) is 60.9 Å². The Labute approximate surface area is 245 Å². The summed E-state index contributed by atoms with van der Waals surface area (Å²) < 4.78 is 13.4. The van der Waals surface area contributed by atoms with Gasteiger partial charge in [-0.1, -0.05) is 54.6 Å². The summed E-state index contributed by atoms with van der Waals surface area (Å²) in [6, 6.07) is 21.4. The van der Waals surface area contributed by atoms with E-state index in [2.05, 4.69) is 17.6 Å². The number of imidazole rings is 1. The molecule has 2 heterocycles. The fraction of sp³-hybridized carbons (Fsp3) is 0.206. The highest BCUT2D eigenvalue weighted by Crippen LogP contribution is 2.40. The summed E-state index contributed by atoms with van der Waals surface area (Å²) in [5, 5.41) is 11.4. The van der Waals surface area contributed by atoms with Gasteiger partial charge in [-0.3, -0.25) is 9.59 Å². The summed E-state index contributed by atoms with van der Waals surface area (Å²) in [5.41, 5.74) is 3.38. The summed E-state index contributed by atoms with van der Waals surface area (Å²) in [7, 11) is 0. The van der Waals surface area contributed by atoms with Crippen molar-refractivity contribution in [1.82, 2.24) is 14.5 Å². The lowest BCUT2D eigenvalue weighted by Gasteiger charge is -2.25. The molecular formula is C34H33N3O5. The van der Waals surface area contributed by atoms with Crippen LogP contribution in [0.25, 0.3) is 5.76 Å². The van der Waals surface area contributed by atoms with Crippen LogP contribution in [0.3, 0.4) is 0 Å². The van der Waals surface area contributed by atoms with Crippen molar-refractivity contribution < 1.29 is 24.2 Å². The van der Waals surface area contributed by atoms with Gasteiger partial charge in [0.25, 0.3) is 11.7 Å². The standard InChI is InChI=1S/C34H33N3O5/c1-3-20-41-28-12-8-26(9-13-28)31-30(33(39)34(40)37(31)18-5-17-36-19-16-35-23-36)32(38)27-10-14-29(15-11-27)42-22-25-7-4-6-24(2)21-25/h3-4,6-16,19,21,23,31,38H,1,5,17-18,20,22H2,2H3/b32-30+. The fourth-order valence-corrected chi connectivity index (χ4v) is 5.03. The number of aryl methyl sites for hydroxylation is 2. The average Bonchev–Trinajstić information content (AvgIpc) is 3.62. The number of rotatable bonds is 12. The van der Waals surface area contributed by atoms with Crippen molar-refractivity contribution in [2.45, 2.75) is 32.5 Å². The van der Waals surface area contributed by atoms with Gasteiger partial charge in [0.05, 0.1) is 17.9 Å². The number of hydrogen-bond donors (Lipinski definition) is 1. The second kappa shape index (κ2) is 13.0. The maximum atomic E-state index is 13.4. The molecule has 1 aliphatic heterocycles. The normalized spacial score (nSPS) is 16.0. The molecule has 0 radical (unpaired) electrons. The van der Waals surface area contributed by atoms with Gasteiger partial charge in [0, 0.05) is 31.0 Å². The van der Waals surface area contributed by atoms with Gasteiger partial charge in [-0.25, -0.2) is 4.98 Å². The maximum Gasteiger partial charge on any atom is 0.295 e. The summed E-state index contributed by atoms with van der Waals surface area (Å²) in [5.74, 6) is -0.325. The van der Waals surface area contributed by atoms with Gasteiger partial charge in [-0.15, -0.1) is 0 Å². The molecule has 1 aromatic heterocycles. The summed E-state index contributed by atoms with van der Waals surface area (Å²) in [6.07, 6.45) is 7.51. The summed E-state index contributed by atoms with van der Waals surface area (Å²) in [6.45, 7) is 7.42. The largest absolute Gasteiger partial charge is 0.507 e. The van der Waals surface area contributed by atoms with Gasteiger partial charge in [0.2, 0.25) is 0 Å². The van der Waals surface area contributed by atoms with Gasteiger partial charge in [0.15, 0.2) is 0 Å². The average molecular weight is 564 g/mol. The lowest BCUT2D eigenvalue weighted by molar-refractivity contribution is -0.139. The molecule has 214 valence electrons. The van der Waals surface area contributed by atoms with E-state index in [4.69, 9.17) is 9.47 Å². The molecule has 0 bridgehead atoms. The van der Waals surface area contributed by atoms with Gasteiger partial charge in [-0.2, -0.15) is 0 Å². The number of Topliss-reactive ketones (excluding diaryl/α,β-unsaturated/α-hetero) is 1.